The second-order valence-electron chi connectivity index (χ2n) is 9.85. The highest BCUT2D eigenvalue weighted by Gasteiger charge is 2.38. The first-order chi connectivity index (χ1) is 16.3. The van der Waals surface area contributed by atoms with Crippen molar-refractivity contribution in [2.75, 3.05) is 7.11 Å². The van der Waals surface area contributed by atoms with Gasteiger partial charge < -0.3 is 18.9 Å². The fraction of sp³-hybridized carbons (Fsp3) is 0.462. The summed E-state index contributed by atoms with van der Waals surface area (Å²) in [4.78, 5) is 25.9. The number of nitrogens with one attached hydrogen (secondary N) is 1. The zero-order chi connectivity index (χ0) is 26.2. The highest BCUT2D eigenvalue weighted by molar-refractivity contribution is 7.84. The lowest BCUT2D eigenvalue weighted by Gasteiger charge is -2.30. The lowest BCUT2D eigenvalue weighted by molar-refractivity contribution is -0.159. The summed E-state index contributed by atoms with van der Waals surface area (Å²) in [6.45, 7) is 10.4. The van der Waals surface area contributed by atoms with Crippen molar-refractivity contribution in [2.45, 2.75) is 70.6 Å². The van der Waals surface area contributed by atoms with Gasteiger partial charge in [-0.3, -0.25) is 0 Å². The van der Waals surface area contributed by atoms with Crippen LogP contribution in [0.5, 0.6) is 5.75 Å². The average molecular weight is 506 g/mol. The van der Waals surface area contributed by atoms with Crippen molar-refractivity contribution in [3.05, 3.63) is 65.7 Å². The Hall–Kier alpha value is -2.91. The summed E-state index contributed by atoms with van der Waals surface area (Å²) in [6.07, 6.45) is -2.52. The minimum Gasteiger partial charge on any atom is -0.497 e. The number of carbonyl (C=O) groups is 2. The Kier molecular flexibility index (Phi) is 9.85. The van der Waals surface area contributed by atoms with Gasteiger partial charge in [-0.15, -0.1) is 0 Å². The SMILES string of the molecule is COc1ccc([C@H](N[S@](=O)C(C)(C)C)[C@@H](OC(=O)OC(C)(C)C)C(=O)OCc2ccccc2)cc1. The molecule has 2 rings (SSSR count). The van der Waals surface area contributed by atoms with Gasteiger partial charge in [0.15, 0.2) is 0 Å². The molecule has 0 aliphatic carbocycles. The first-order valence-corrected chi connectivity index (χ1v) is 12.4. The zero-order valence-electron chi connectivity index (χ0n) is 21.3. The van der Waals surface area contributed by atoms with E-state index < -0.39 is 45.6 Å². The van der Waals surface area contributed by atoms with E-state index in [1.807, 2.05) is 30.3 Å². The van der Waals surface area contributed by atoms with Crippen LogP contribution in [0.2, 0.25) is 0 Å². The molecule has 192 valence electrons. The van der Waals surface area contributed by atoms with E-state index in [1.54, 1.807) is 65.8 Å². The predicted octanol–water partition coefficient (Wildman–Crippen LogP) is 4.85. The first kappa shape index (κ1) is 28.3. The molecule has 0 amide bonds. The highest BCUT2D eigenvalue weighted by Crippen LogP contribution is 2.27. The quantitative estimate of drug-likeness (QED) is 0.486. The van der Waals surface area contributed by atoms with Crippen LogP contribution in [0.1, 0.15) is 58.7 Å². The van der Waals surface area contributed by atoms with Crippen LogP contribution in [0.15, 0.2) is 54.6 Å². The molecule has 0 spiro atoms. The summed E-state index contributed by atoms with van der Waals surface area (Å²) in [5, 5.41) is 0. The van der Waals surface area contributed by atoms with Crippen molar-refractivity contribution in [1.29, 1.82) is 0 Å². The molecule has 8 nitrogen and oxygen atoms in total. The lowest BCUT2D eigenvalue weighted by atomic mass is 10.0. The molecule has 9 heteroatoms. The molecule has 1 N–H and O–H groups in total. The van der Waals surface area contributed by atoms with Gasteiger partial charge in [-0.1, -0.05) is 42.5 Å². The van der Waals surface area contributed by atoms with Gasteiger partial charge in [-0.25, -0.2) is 18.5 Å². The number of hydrogen-bond acceptors (Lipinski definition) is 7. The first-order valence-electron chi connectivity index (χ1n) is 11.2. The third-order valence-electron chi connectivity index (χ3n) is 4.64. The Labute approximate surface area is 209 Å². The van der Waals surface area contributed by atoms with E-state index in [0.29, 0.717) is 11.3 Å². The normalized spacial score (nSPS) is 14.4. The number of benzene rings is 2. The molecular weight excluding hydrogens is 470 g/mol. The molecule has 2 aromatic carbocycles. The third kappa shape index (κ3) is 9.33. The topological polar surface area (TPSA) is 100 Å². The number of ether oxygens (including phenoxy) is 4. The number of hydrogen-bond donors (Lipinski definition) is 1. The largest absolute Gasteiger partial charge is 0.509 e. The van der Waals surface area contributed by atoms with Crippen LogP contribution < -0.4 is 9.46 Å². The molecule has 35 heavy (non-hydrogen) atoms. The maximum Gasteiger partial charge on any atom is 0.509 e. The number of carbonyl (C=O) groups excluding carboxylic acids is 2. The Morgan fingerprint density at radius 1 is 0.943 bits per heavy atom. The standard InChI is InChI=1S/C26H35NO7S/c1-25(2,3)34-24(29)33-22(23(28)32-17-18-11-9-8-10-12-18)21(27-35(30)26(4,5)6)19-13-15-20(31-7)16-14-19/h8-16,21-22,27H,17H2,1-7H3/t21-,22+,35+/m0/s1. The zero-order valence-corrected chi connectivity index (χ0v) is 22.1. The van der Waals surface area contributed by atoms with Gasteiger partial charge in [-0.2, -0.15) is 0 Å². The molecule has 0 fully saturated rings. The molecule has 0 bridgehead atoms. The molecule has 0 saturated carbocycles. The van der Waals surface area contributed by atoms with Gasteiger partial charge in [0.2, 0.25) is 6.10 Å². The Bertz CT molecular complexity index is 995. The monoisotopic (exact) mass is 505 g/mol. The maximum atomic E-state index is 13.3. The van der Waals surface area contributed by atoms with Gasteiger partial charge in [0.25, 0.3) is 0 Å². The predicted molar refractivity (Wildman–Crippen MR) is 134 cm³/mol. The van der Waals surface area contributed by atoms with Gasteiger partial charge >= 0.3 is 12.1 Å². The second kappa shape index (κ2) is 12.2. The highest BCUT2D eigenvalue weighted by atomic mass is 32.2. The van der Waals surface area contributed by atoms with Gasteiger partial charge in [-0.05, 0) is 64.8 Å². The van der Waals surface area contributed by atoms with Crippen LogP contribution in [-0.4, -0.2) is 39.9 Å². The Balaban J connectivity index is 2.42. The molecular formula is C26H35NO7S. The maximum absolute atomic E-state index is 13.3. The molecule has 0 radical (unpaired) electrons. The average Bonchev–Trinajstić information content (AvgIpc) is 2.78. The fourth-order valence-corrected chi connectivity index (χ4v) is 3.69. The van der Waals surface area contributed by atoms with Gasteiger partial charge in [0.1, 0.15) is 18.0 Å². The van der Waals surface area contributed by atoms with Crippen molar-refractivity contribution in [3.8, 4) is 5.75 Å². The molecule has 0 unspecified atom stereocenters. The summed E-state index contributed by atoms with van der Waals surface area (Å²) < 4.78 is 36.8. The van der Waals surface area contributed by atoms with Crippen molar-refractivity contribution in [2.24, 2.45) is 0 Å². The number of rotatable bonds is 9. The molecule has 0 aromatic heterocycles. The van der Waals surface area contributed by atoms with Crippen LogP contribution in [0.3, 0.4) is 0 Å². The van der Waals surface area contributed by atoms with E-state index in [2.05, 4.69) is 4.72 Å². The third-order valence-corrected chi connectivity index (χ3v) is 6.22. The molecule has 0 heterocycles. The van der Waals surface area contributed by atoms with E-state index in [9.17, 15) is 13.8 Å². The van der Waals surface area contributed by atoms with E-state index in [-0.39, 0.29) is 6.61 Å². The molecule has 0 saturated heterocycles. The van der Waals surface area contributed by atoms with Crippen molar-refractivity contribution >= 4 is 23.1 Å². The van der Waals surface area contributed by atoms with Crippen LogP contribution >= 0.6 is 0 Å². The smallest absolute Gasteiger partial charge is 0.497 e. The summed E-state index contributed by atoms with van der Waals surface area (Å²) in [5.74, 6) is -0.209. The van der Waals surface area contributed by atoms with Crippen LogP contribution in [0.25, 0.3) is 0 Å². The van der Waals surface area contributed by atoms with Crippen molar-refractivity contribution in [3.63, 3.8) is 0 Å². The van der Waals surface area contributed by atoms with E-state index in [0.717, 1.165) is 5.56 Å². The molecule has 0 aliphatic rings. The van der Waals surface area contributed by atoms with Gasteiger partial charge in [0.05, 0.1) is 28.9 Å². The van der Waals surface area contributed by atoms with E-state index in [4.69, 9.17) is 18.9 Å². The van der Waals surface area contributed by atoms with Crippen LogP contribution in [0, 0.1) is 0 Å². The number of methoxy groups -OCH3 is 1. The second-order valence-corrected chi connectivity index (χ2v) is 11.8. The summed E-state index contributed by atoms with van der Waals surface area (Å²) in [5.41, 5.74) is 0.477. The van der Waals surface area contributed by atoms with Gasteiger partial charge in [0, 0.05) is 0 Å². The minimum absolute atomic E-state index is 0.0223. The molecule has 0 aliphatic heterocycles. The van der Waals surface area contributed by atoms with Crippen molar-refractivity contribution < 1.29 is 32.7 Å². The summed E-state index contributed by atoms with van der Waals surface area (Å²) >= 11 is 0. The van der Waals surface area contributed by atoms with Crippen LogP contribution in [-0.2, 0) is 36.6 Å². The Morgan fingerprint density at radius 2 is 1.54 bits per heavy atom. The fourth-order valence-electron chi connectivity index (χ4n) is 2.85. The summed E-state index contributed by atoms with van der Waals surface area (Å²) in [7, 11) is -0.0706. The lowest BCUT2D eigenvalue weighted by Crippen LogP contribution is -2.46. The van der Waals surface area contributed by atoms with E-state index >= 15 is 0 Å². The molecule has 2 aromatic rings. The minimum atomic E-state index is -1.61. The Morgan fingerprint density at radius 3 is 2.06 bits per heavy atom. The van der Waals surface area contributed by atoms with Crippen LogP contribution in [0.4, 0.5) is 4.79 Å². The van der Waals surface area contributed by atoms with E-state index in [1.165, 1.54) is 7.11 Å². The molecule has 3 atom stereocenters. The summed E-state index contributed by atoms with van der Waals surface area (Å²) in [6, 6.07) is 14.9. The number of esters is 1. The van der Waals surface area contributed by atoms with Crippen molar-refractivity contribution in [1.82, 2.24) is 4.72 Å².